The van der Waals surface area contributed by atoms with Crippen LogP contribution < -0.4 is 14.4 Å². The smallest absolute Gasteiger partial charge is 0.154 e. The van der Waals surface area contributed by atoms with Crippen molar-refractivity contribution < 1.29 is 8.95 Å². The van der Waals surface area contributed by atoms with Gasteiger partial charge in [0.15, 0.2) is 11.0 Å². The quantitative estimate of drug-likeness (QED) is 0.553. The molecule has 3 atom stereocenters. The molecule has 0 aliphatic carbocycles. The summed E-state index contributed by atoms with van der Waals surface area (Å²) >= 11 is 0. The summed E-state index contributed by atoms with van der Waals surface area (Å²) in [6, 6.07) is 9.88. The van der Waals surface area contributed by atoms with E-state index in [1.54, 1.807) is 0 Å². The molecule has 5 nitrogen and oxygen atoms in total. The first-order chi connectivity index (χ1) is 15.3. The molecule has 1 N–H and O–H groups in total. The number of nitrogens with one attached hydrogen (secondary N) is 1. The fraction of sp³-hybridized carbons (Fsp3) is 0.577. The van der Waals surface area contributed by atoms with Crippen LogP contribution in [0.5, 0.6) is 5.75 Å². The highest BCUT2D eigenvalue weighted by Gasteiger charge is 2.23. The number of rotatable bonds is 9. The van der Waals surface area contributed by atoms with E-state index >= 15 is 0 Å². The van der Waals surface area contributed by atoms with Crippen molar-refractivity contribution in [3.05, 3.63) is 47.7 Å². The van der Waals surface area contributed by atoms with Crippen LogP contribution in [0.2, 0.25) is 0 Å². The molecule has 1 aromatic carbocycles. The summed E-state index contributed by atoms with van der Waals surface area (Å²) in [5, 5.41) is 3.43. The summed E-state index contributed by atoms with van der Waals surface area (Å²) in [5.74, 6) is 3.61. The SMILES string of the molecule is Cc1cc(C(C)C)cnc1N(CC(C)C)S(=O)c1ccc(OCC2CCNCC2C)cc1. The second-order valence-electron chi connectivity index (χ2n) is 9.78. The Hall–Kier alpha value is -1.92. The Kier molecular flexibility index (Phi) is 8.72. The Bertz CT molecular complexity index is 898. The Balaban J connectivity index is 1.73. The number of anilines is 1. The van der Waals surface area contributed by atoms with E-state index in [1.165, 1.54) is 5.56 Å². The normalized spacial score (nSPS) is 19.9. The molecule has 0 spiro atoms. The van der Waals surface area contributed by atoms with Crippen molar-refractivity contribution in [2.45, 2.75) is 58.8 Å². The van der Waals surface area contributed by atoms with Gasteiger partial charge in [0.25, 0.3) is 0 Å². The van der Waals surface area contributed by atoms with Crippen LogP contribution in [0.15, 0.2) is 41.4 Å². The predicted molar refractivity (Wildman–Crippen MR) is 134 cm³/mol. The molecule has 1 aliphatic heterocycles. The minimum atomic E-state index is -1.34. The number of ether oxygens (including phenoxy) is 1. The predicted octanol–water partition coefficient (Wildman–Crippen LogP) is 5.32. The Morgan fingerprint density at radius 1 is 1.22 bits per heavy atom. The van der Waals surface area contributed by atoms with E-state index in [-0.39, 0.29) is 0 Å². The third-order valence-electron chi connectivity index (χ3n) is 6.16. The molecule has 2 heterocycles. The zero-order valence-electron chi connectivity index (χ0n) is 20.4. The molecule has 1 fully saturated rings. The minimum Gasteiger partial charge on any atom is -0.493 e. The maximum absolute atomic E-state index is 13.6. The molecule has 0 radical (unpaired) electrons. The van der Waals surface area contributed by atoms with Crippen molar-refractivity contribution in [1.29, 1.82) is 0 Å². The molecule has 1 aliphatic rings. The molecule has 2 aromatic rings. The lowest BCUT2D eigenvalue weighted by Crippen LogP contribution is -2.37. The first kappa shape index (κ1) is 24.7. The summed E-state index contributed by atoms with van der Waals surface area (Å²) in [4.78, 5) is 5.47. The molecule has 32 heavy (non-hydrogen) atoms. The van der Waals surface area contributed by atoms with Gasteiger partial charge in [-0.25, -0.2) is 9.19 Å². The second-order valence-corrected chi connectivity index (χ2v) is 11.2. The van der Waals surface area contributed by atoms with Gasteiger partial charge < -0.3 is 10.1 Å². The van der Waals surface area contributed by atoms with Crippen LogP contribution in [0.3, 0.4) is 0 Å². The van der Waals surface area contributed by atoms with E-state index in [0.29, 0.717) is 30.2 Å². The average Bonchev–Trinajstić information content (AvgIpc) is 2.77. The van der Waals surface area contributed by atoms with Crippen molar-refractivity contribution in [2.75, 3.05) is 30.5 Å². The third-order valence-corrected chi connectivity index (χ3v) is 7.56. The molecular weight excluding hydrogens is 418 g/mol. The third kappa shape index (κ3) is 6.32. The number of nitrogens with zero attached hydrogens (tertiary/aromatic N) is 2. The fourth-order valence-electron chi connectivity index (χ4n) is 4.03. The molecule has 3 unspecified atom stereocenters. The van der Waals surface area contributed by atoms with Crippen molar-refractivity contribution in [3.8, 4) is 5.75 Å². The zero-order chi connectivity index (χ0) is 23.3. The lowest BCUT2D eigenvalue weighted by atomic mass is 9.89. The van der Waals surface area contributed by atoms with Crippen LogP contribution in [0.4, 0.5) is 5.82 Å². The van der Waals surface area contributed by atoms with Gasteiger partial charge in [0.2, 0.25) is 0 Å². The number of hydrogen-bond acceptors (Lipinski definition) is 4. The number of aryl methyl sites for hydroxylation is 1. The van der Waals surface area contributed by atoms with Crippen molar-refractivity contribution in [3.63, 3.8) is 0 Å². The Morgan fingerprint density at radius 2 is 1.94 bits per heavy atom. The van der Waals surface area contributed by atoms with Gasteiger partial charge in [-0.1, -0.05) is 40.7 Å². The maximum Gasteiger partial charge on any atom is 0.154 e. The van der Waals surface area contributed by atoms with Gasteiger partial charge in [-0.3, -0.25) is 4.31 Å². The lowest BCUT2D eigenvalue weighted by Gasteiger charge is -2.29. The maximum atomic E-state index is 13.6. The van der Waals surface area contributed by atoms with Gasteiger partial charge >= 0.3 is 0 Å². The van der Waals surface area contributed by atoms with Crippen LogP contribution in [0, 0.1) is 24.7 Å². The molecule has 1 saturated heterocycles. The monoisotopic (exact) mass is 457 g/mol. The fourth-order valence-corrected chi connectivity index (χ4v) is 5.43. The topological polar surface area (TPSA) is 54.5 Å². The van der Waals surface area contributed by atoms with Crippen LogP contribution in [0.1, 0.15) is 58.1 Å². The van der Waals surface area contributed by atoms with Crippen molar-refractivity contribution in [1.82, 2.24) is 10.3 Å². The summed E-state index contributed by atoms with van der Waals surface area (Å²) < 4.78 is 21.6. The Labute approximate surface area is 196 Å². The van der Waals surface area contributed by atoms with Crippen molar-refractivity contribution >= 4 is 16.8 Å². The number of benzene rings is 1. The molecular formula is C26H39N3O2S. The van der Waals surface area contributed by atoms with Crippen LogP contribution >= 0.6 is 0 Å². The molecule has 0 bridgehead atoms. The summed E-state index contributed by atoms with van der Waals surface area (Å²) in [6.07, 6.45) is 3.06. The first-order valence-corrected chi connectivity index (χ1v) is 13.0. The van der Waals surface area contributed by atoms with Gasteiger partial charge in [0.05, 0.1) is 11.5 Å². The summed E-state index contributed by atoms with van der Waals surface area (Å²) in [6.45, 7) is 16.5. The molecule has 0 amide bonds. The van der Waals surface area contributed by atoms with E-state index < -0.39 is 11.0 Å². The van der Waals surface area contributed by atoms with Gasteiger partial charge in [0.1, 0.15) is 11.6 Å². The van der Waals surface area contributed by atoms with E-state index in [2.05, 4.69) is 52.9 Å². The second kappa shape index (κ2) is 11.3. The highest BCUT2D eigenvalue weighted by molar-refractivity contribution is 7.86. The van der Waals surface area contributed by atoms with Gasteiger partial charge in [-0.2, -0.15) is 0 Å². The molecule has 6 heteroatoms. The molecule has 0 saturated carbocycles. The van der Waals surface area contributed by atoms with E-state index in [4.69, 9.17) is 9.72 Å². The summed E-state index contributed by atoms with van der Waals surface area (Å²) in [5.41, 5.74) is 2.26. The molecule has 3 rings (SSSR count). The standard InChI is InChI=1S/C26H39N3O2S/c1-18(2)16-29(26-20(5)13-23(15-28-26)19(3)4)32(30)25-9-7-24(8-10-25)31-17-22-11-12-27-14-21(22)6/h7-10,13,15,18-19,21-22,27H,11-12,14,16-17H2,1-6H3. The lowest BCUT2D eigenvalue weighted by molar-refractivity contribution is 0.169. The van der Waals surface area contributed by atoms with E-state index in [9.17, 15) is 4.21 Å². The van der Waals surface area contributed by atoms with E-state index in [0.717, 1.165) is 48.1 Å². The van der Waals surface area contributed by atoms with Crippen LogP contribution in [-0.2, 0) is 11.0 Å². The Morgan fingerprint density at radius 3 is 2.53 bits per heavy atom. The number of aromatic nitrogens is 1. The van der Waals surface area contributed by atoms with Crippen LogP contribution in [0.25, 0.3) is 0 Å². The minimum absolute atomic E-state index is 0.361. The largest absolute Gasteiger partial charge is 0.493 e. The summed E-state index contributed by atoms with van der Waals surface area (Å²) in [7, 11) is -1.34. The molecule has 1 aromatic heterocycles. The van der Waals surface area contributed by atoms with Crippen LogP contribution in [-0.4, -0.2) is 35.4 Å². The number of pyridine rings is 1. The zero-order valence-corrected chi connectivity index (χ0v) is 21.2. The highest BCUT2D eigenvalue weighted by Crippen LogP contribution is 2.27. The van der Waals surface area contributed by atoms with Gasteiger partial charge in [-0.05, 0) is 85.5 Å². The highest BCUT2D eigenvalue weighted by atomic mass is 32.2. The first-order valence-electron chi connectivity index (χ1n) is 11.9. The van der Waals surface area contributed by atoms with E-state index in [1.807, 2.05) is 34.8 Å². The average molecular weight is 458 g/mol. The van der Waals surface area contributed by atoms with Gasteiger partial charge in [0, 0.05) is 12.7 Å². The van der Waals surface area contributed by atoms with Gasteiger partial charge in [-0.15, -0.1) is 0 Å². The van der Waals surface area contributed by atoms with Crippen molar-refractivity contribution in [2.24, 2.45) is 17.8 Å². The number of hydrogen-bond donors (Lipinski definition) is 1. The number of piperidine rings is 1. The molecule has 176 valence electrons.